The van der Waals surface area contributed by atoms with Gasteiger partial charge in [-0.1, -0.05) is 42.0 Å². The third-order valence-electron chi connectivity index (χ3n) is 4.81. The van der Waals surface area contributed by atoms with Crippen molar-refractivity contribution in [2.24, 2.45) is 0 Å². The molecule has 0 aliphatic rings. The molecule has 29 heavy (non-hydrogen) atoms. The van der Waals surface area contributed by atoms with Crippen LogP contribution >= 0.6 is 0 Å². The van der Waals surface area contributed by atoms with Crippen molar-refractivity contribution >= 4 is 11.0 Å². The maximum atomic E-state index is 12.8. The quantitative estimate of drug-likeness (QED) is 0.418. The predicted octanol–water partition coefficient (Wildman–Crippen LogP) is 4.18. The van der Waals surface area contributed by atoms with Gasteiger partial charge in [0.05, 0.1) is 0 Å². The van der Waals surface area contributed by atoms with Gasteiger partial charge in [0.15, 0.2) is 5.76 Å². The van der Waals surface area contributed by atoms with Gasteiger partial charge in [-0.3, -0.25) is 4.79 Å². The van der Waals surface area contributed by atoms with Gasteiger partial charge in [-0.2, -0.15) is 0 Å². The van der Waals surface area contributed by atoms with Crippen molar-refractivity contribution < 1.29 is 24.8 Å². The molecule has 4 rings (SSSR count). The van der Waals surface area contributed by atoms with Crippen LogP contribution in [-0.2, 0) is 6.42 Å². The van der Waals surface area contributed by atoms with Gasteiger partial charge in [0.2, 0.25) is 11.2 Å². The van der Waals surface area contributed by atoms with Crippen LogP contribution in [0.15, 0.2) is 63.8 Å². The van der Waals surface area contributed by atoms with E-state index >= 15 is 0 Å². The summed E-state index contributed by atoms with van der Waals surface area (Å²) in [6, 6.07) is 14.5. The molecule has 0 aliphatic carbocycles. The fraction of sp³-hybridized carbons (Fsp3) is 0.0870. The summed E-state index contributed by atoms with van der Waals surface area (Å²) in [6.45, 7) is 1.91. The summed E-state index contributed by atoms with van der Waals surface area (Å²) in [6.07, 6.45) is 0.137. The van der Waals surface area contributed by atoms with Gasteiger partial charge in [-0.05, 0) is 24.6 Å². The molecule has 146 valence electrons. The van der Waals surface area contributed by atoms with Crippen molar-refractivity contribution in [1.29, 1.82) is 0 Å². The Kier molecular flexibility index (Phi) is 4.39. The van der Waals surface area contributed by atoms with E-state index in [4.69, 9.17) is 4.42 Å². The topological polar surface area (TPSA) is 111 Å². The summed E-state index contributed by atoms with van der Waals surface area (Å²) in [5.41, 5.74) is 1.59. The summed E-state index contributed by atoms with van der Waals surface area (Å²) in [4.78, 5) is 12.8. The summed E-state index contributed by atoms with van der Waals surface area (Å²) < 4.78 is 5.86. The van der Waals surface area contributed by atoms with E-state index in [1.165, 1.54) is 12.1 Å². The van der Waals surface area contributed by atoms with E-state index in [2.05, 4.69) is 0 Å². The summed E-state index contributed by atoms with van der Waals surface area (Å²) in [5, 5.41) is 40.6. The molecular weight excluding hydrogens is 372 g/mol. The summed E-state index contributed by atoms with van der Waals surface area (Å²) in [7, 11) is 0. The number of benzene rings is 3. The van der Waals surface area contributed by atoms with Gasteiger partial charge in [0, 0.05) is 23.6 Å². The zero-order valence-corrected chi connectivity index (χ0v) is 15.5. The van der Waals surface area contributed by atoms with Gasteiger partial charge in [0.25, 0.3) is 0 Å². The lowest BCUT2D eigenvalue weighted by Gasteiger charge is -2.13. The van der Waals surface area contributed by atoms with Gasteiger partial charge < -0.3 is 24.8 Å². The Morgan fingerprint density at radius 3 is 2.31 bits per heavy atom. The number of hydrogen-bond donors (Lipinski definition) is 4. The molecule has 0 saturated heterocycles. The first-order valence-electron chi connectivity index (χ1n) is 8.93. The van der Waals surface area contributed by atoms with E-state index in [0.717, 1.165) is 11.6 Å². The van der Waals surface area contributed by atoms with Crippen LogP contribution in [0.1, 0.15) is 16.7 Å². The van der Waals surface area contributed by atoms with Crippen molar-refractivity contribution in [1.82, 2.24) is 0 Å². The second-order valence-corrected chi connectivity index (χ2v) is 6.92. The molecule has 0 aliphatic heterocycles. The zero-order valence-electron chi connectivity index (χ0n) is 15.5. The van der Waals surface area contributed by atoms with E-state index in [0.29, 0.717) is 11.1 Å². The minimum Gasteiger partial charge on any atom is -0.508 e. The third kappa shape index (κ3) is 3.25. The van der Waals surface area contributed by atoms with Crippen molar-refractivity contribution in [3.63, 3.8) is 0 Å². The monoisotopic (exact) mass is 390 g/mol. The number of phenolic OH excluding ortho intramolecular Hbond substituents is 3. The Bertz CT molecular complexity index is 1290. The first-order valence-corrected chi connectivity index (χ1v) is 8.93. The number of phenols is 3. The minimum atomic E-state index is -0.795. The first kappa shape index (κ1) is 18.4. The number of hydrogen-bond acceptors (Lipinski definition) is 6. The minimum absolute atomic E-state index is 0.0239. The van der Waals surface area contributed by atoms with Crippen molar-refractivity contribution in [3.8, 4) is 34.3 Å². The maximum Gasteiger partial charge on any atom is 0.238 e. The van der Waals surface area contributed by atoms with Crippen LogP contribution in [0.4, 0.5) is 0 Å². The lowest BCUT2D eigenvalue weighted by Crippen LogP contribution is -2.05. The molecule has 0 amide bonds. The Balaban J connectivity index is 2.01. The van der Waals surface area contributed by atoms with Gasteiger partial charge in [-0.25, -0.2) is 0 Å². The molecule has 0 saturated carbocycles. The molecule has 1 heterocycles. The number of fused-ring (bicyclic) bond motifs is 1. The molecule has 0 unspecified atom stereocenters. The van der Waals surface area contributed by atoms with Crippen molar-refractivity contribution in [2.75, 3.05) is 0 Å². The molecule has 4 N–H and O–H groups in total. The van der Waals surface area contributed by atoms with Crippen LogP contribution in [0.25, 0.3) is 22.3 Å². The Hall–Kier alpha value is -3.93. The zero-order chi connectivity index (χ0) is 20.7. The van der Waals surface area contributed by atoms with Crippen molar-refractivity contribution in [3.05, 3.63) is 81.5 Å². The van der Waals surface area contributed by atoms with Crippen LogP contribution in [0.3, 0.4) is 0 Å². The fourth-order valence-corrected chi connectivity index (χ4v) is 3.32. The molecule has 0 radical (unpaired) electrons. The molecule has 0 spiro atoms. The highest BCUT2D eigenvalue weighted by atomic mass is 16.4. The summed E-state index contributed by atoms with van der Waals surface area (Å²) >= 11 is 0. The molecular formula is C23H18O6. The largest absolute Gasteiger partial charge is 0.508 e. The average Bonchev–Trinajstić information content (AvgIpc) is 2.68. The standard InChI is InChI=1S/C23H18O6/c1-12-5-7-14(8-6-12)22-21(28)20(27)19-18(26)11-17(25)16(23(19)29-22)10-13-3-2-4-15(24)9-13/h2-9,11,24-26,28H,10H2,1H3. The molecule has 6 nitrogen and oxygen atoms in total. The lowest BCUT2D eigenvalue weighted by molar-refractivity contribution is 0.435. The number of rotatable bonds is 3. The highest BCUT2D eigenvalue weighted by Gasteiger charge is 2.22. The third-order valence-corrected chi connectivity index (χ3v) is 4.81. The van der Waals surface area contributed by atoms with Crippen LogP contribution in [0.2, 0.25) is 0 Å². The SMILES string of the molecule is Cc1ccc(-c2oc3c(Cc4cccc(O)c4)c(O)cc(O)c3c(=O)c2O)cc1. The Morgan fingerprint density at radius 2 is 1.62 bits per heavy atom. The normalized spacial score (nSPS) is 11.1. The van der Waals surface area contributed by atoms with Crippen LogP contribution in [-0.4, -0.2) is 20.4 Å². The second-order valence-electron chi connectivity index (χ2n) is 6.92. The smallest absolute Gasteiger partial charge is 0.238 e. The van der Waals surface area contributed by atoms with Crippen molar-refractivity contribution in [2.45, 2.75) is 13.3 Å². The fourth-order valence-electron chi connectivity index (χ4n) is 3.32. The number of aryl methyl sites for hydroxylation is 1. The Labute approximate surface area is 165 Å². The van der Waals surface area contributed by atoms with E-state index < -0.39 is 16.9 Å². The van der Waals surface area contributed by atoms with Gasteiger partial charge in [-0.15, -0.1) is 0 Å². The Morgan fingerprint density at radius 1 is 0.897 bits per heavy atom. The molecule has 1 aromatic heterocycles. The molecule has 0 atom stereocenters. The second kappa shape index (κ2) is 6.91. The average molecular weight is 390 g/mol. The first-order chi connectivity index (χ1) is 13.8. The highest BCUT2D eigenvalue weighted by Crippen LogP contribution is 2.39. The lowest BCUT2D eigenvalue weighted by atomic mass is 9.99. The van der Waals surface area contributed by atoms with Crippen LogP contribution in [0.5, 0.6) is 23.0 Å². The van der Waals surface area contributed by atoms with Crippen LogP contribution in [0, 0.1) is 6.92 Å². The molecule has 4 aromatic rings. The molecule has 0 bridgehead atoms. The van der Waals surface area contributed by atoms with Crippen LogP contribution < -0.4 is 5.43 Å². The highest BCUT2D eigenvalue weighted by molar-refractivity contribution is 5.91. The molecule has 3 aromatic carbocycles. The predicted molar refractivity (Wildman–Crippen MR) is 109 cm³/mol. The van der Waals surface area contributed by atoms with Gasteiger partial charge >= 0.3 is 0 Å². The van der Waals surface area contributed by atoms with E-state index in [1.54, 1.807) is 24.3 Å². The van der Waals surface area contributed by atoms with Gasteiger partial charge in [0.1, 0.15) is 28.2 Å². The maximum absolute atomic E-state index is 12.8. The summed E-state index contributed by atoms with van der Waals surface area (Å²) in [5.74, 6) is -1.36. The molecule has 6 heteroatoms. The molecule has 0 fully saturated rings. The number of aromatic hydroxyl groups is 4. The van der Waals surface area contributed by atoms with E-state index in [1.807, 2.05) is 19.1 Å². The van der Waals surface area contributed by atoms with E-state index in [-0.39, 0.29) is 40.2 Å². The van der Waals surface area contributed by atoms with E-state index in [9.17, 15) is 25.2 Å².